The van der Waals surface area contributed by atoms with E-state index in [-0.39, 0.29) is 24.8 Å². The molecule has 11 heteroatoms. The molecule has 0 fully saturated rings. The van der Waals surface area contributed by atoms with Gasteiger partial charge in [-0.05, 0) is 30.5 Å². The maximum Gasteiger partial charge on any atom is 0.347 e. The highest BCUT2D eigenvalue weighted by molar-refractivity contribution is 5.78. The molecule has 2 aromatic carbocycles. The molecule has 2 aromatic heterocycles. The highest BCUT2D eigenvalue weighted by Crippen LogP contribution is 2.41. The van der Waals surface area contributed by atoms with E-state index >= 15 is 0 Å². The van der Waals surface area contributed by atoms with Crippen molar-refractivity contribution >= 4 is 11.9 Å². The van der Waals surface area contributed by atoms with Crippen molar-refractivity contribution in [3.8, 4) is 11.7 Å². The average Bonchev–Trinajstić information content (AvgIpc) is 3.27. The molecule has 2 atom stereocenters. The monoisotopic (exact) mass is 528 g/mol. The predicted molar refractivity (Wildman–Crippen MR) is 140 cm³/mol. The topological polar surface area (TPSA) is 152 Å². The number of carbonyl (C=O) groups is 2. The number of hydrogen-bond acceptors (Lipinski definition) is 8. The Morgan fingerprint density at radius 2 is 1.67 bits per heavy atom. The number of carboxylic acids is 2. The second-order valence-electron chi connectivity index (χ2n) is 9.16. The number of nitrogens with zero attached hydrogens (tertiary/aromatic N) is 5. The van der Waals surface area contributed by atoms with Gasteiger partial charge in [0.2, 0.25) is 6.10 Å². The van der Waals surface area contributed by atoms with Crippen LogP contribution in [-0.4, -0.2) is 53.0 Å². The molecule has 39 heavy (non-hydrogen) atoms. The van der Waals surface area contributed by atoms with E-state index in [1.807, 2.05) is 50.2 Å². The Bertz CT molecular complexity index is 1500. The maximum absolute atomic E-state index is 13.1. The Hall–Kier alpha value is -4.64. The van der Waals surface area contributed by atoms with E-state index in [0.717, 1.165) is 11.4 Å². The molecule has 0 radical (unpaired) electrons. The number of aromatic nitrogens is 5. The molecule has 3 heterocycles. The van der Waals surface area contributed by atoms with Crippen LogP contribution in [0, 0.1) is 0 Å². The fraction of sp³-hybridized carbons (Fsp3) is 0.286. The van der Waals surface area contributed by atoms with E-state index in [1.54, 1.807) is 28.8 Å². The van der Waals surface area contributed by atoms with E-state index in [9.17, 15) is 19.8 Å². The minimum Gasteiger partial charge on any atom is -0.481 e. The van der Waals surface area contributed by atoms with Crippen molar-refractivity contribution in [1.82, 2.24) is 30.0 Å². The summed E-state index contributed by atoms with van der Waals surface area (Å²) in [7, 11) is 0. The van der Waals surface area contributed by atoms with Crippen LogP contribution in [0.15, 0.2) is 60.7 Å². The summed E-state index contributed by atoms with van der Waals surface area (Å²) in [5, 5.41) is 31.9. The molecule has 5 rings (SSSR count). The molecule has 0 bridgehead atoms. The van der Waals surface area contributed by atoms with Gasteiger partial charge in [-0.2, -0.15) is 0 Å². The van der Waals surface area contributed by atoms with Crippen molar-refractivity contribution in [2.75, 3.05) is 0 Å². The summed E-state index contributed by atoms with van der Waals surface area (Å²) in [5.74, 6) is -1.61. The van der Waals surface area contributed by atoms with Gasteiger partial charge in [0.05, 0.1) is 12.2 Å². The molecular weight excluding hydrogens is 500 g/mol. The summed E-state index contributed by atoms with van der Waals surface area (Å²) in [6.07, 6.45) is -0.599. The van der Waals surface area contributed by atoms with Crippen molar-refractivity contribution in [2.24, 2.45) is 0 Å². The molecule has 0 amide bonds. The van der Waals surface area contributed by atoms with Crippen LogP contribution in [0.2, 0.25) is 0 Å². The molecule has 4 aromatic rings. The van der Waals surface area contributed by atoms with Gasteiger partial charge < -0.3 is 14.9 Å². The Balaban J connectivity index is 1.76. The lowest BCUT2D eigenvalue weighted by Gasteiger charge is -2.39. The number of nitrogens with one attached hydrogen (secondary N) is 1. The second-order valence-corrected chi connectivity index (χ2v) is 9.16. The number of aryl methyl sites for hydroxylation is 2. The zero-order valence-corrected chi connectivity index (χ0v) is 21.5. The number of fused-ring (bicyclic) bond motifs is 3. The van der Waals surface area contributed by atoms with Crippen LogP contribution in [0.5, 0.6) is 6.01 Å². The fourth-order valence-corrected chi connectivity index (χ4v) is 5.03. The number of aliphatic carboxylic acids is 2. The van der Waals surface area contributed by atoms with Crippen molar-refractivity contribution in [2.45, 2.75) is 51.3 Å². The average molecular weight is 529 g/mol. The van der Waals surface area contributed by atoms with Crippen LogP contribution in [0.1, 0.15) is 48.0 Å². The minimum atomic E-state index is -1.52. The van der Waals surface area contributed by atoms with Gasteiger partial charge >= 0.3 is 17.9 Å². The number of hydrogen-bond donors (Lipinski definition) is 3. The lowest BCUT2D eigenvalue weighted by molar-refractivity contribution is -0.149. The first-order valence-corrected chi connectivity index (χ1v) is 12.7. The Morgan fingerprint density at radius 3 is 2.31 bits per heavy atom. The third-order valence-electron chi connectivity index (χ3n) is 6.81. The number of para-hydroxylation sites is 1. The summed E-state index contributed by atoms with van der Waals surface area (Å²) in [5.41, 5.74) is 1.78. The molecule has 1 aliphatic rings. The number of rotatable bonds is 9. The molecule has 0 saturated carbocycles. The van der Waals surface area contributed by atoms with Gasteiger partial charge in [-0.3, -0.25) is 14.7 Å². The van der Waals surface area contributed by atoms with Crippen molar-refractivity contribution in [1.29, 1.82) is 0 Å². The summed E-state index contributed by atoms with van der Waals surface area (Å²) in [6, 6.07) is 18.2. The SMILES string of the molecule is CCc1cc(CC)nc(O[C@H](C(=O)O)[C@@]2(c3ccccc3)NCc3nnc(CC(=O)O)n3-c3ccccc32)n1. The van der Waals surface area contributed by atoms with E-state index in [4.69, 9.17) is 4.74 Å². The van der Waals surface area contributed by atoms with Crippen LogP contribution in [0.4, 0.5) is 0 Å². The van der Waals surface area contributed by atoms with Crippen LogP contribution in [-0.2, 0) is 40.9 Å². The highest BCUT2D eigenvalue weighted by atomic mass is 16.5. The zero-order chi connectivity index (χ0) is 27.6. The first kappa shape index (κ1) is 26.0. The van der Waals surface area contributed by atoms with Gasteiger partial charge in [-0.15, -0.1) is 10.2 Å². The number of benzene rings is 2. The Labute approximate surface area is 224 Å². The highest BCUT2D eigenvalue weighted by Gasteiger charge is 2.51. The Morgan fingerprint density at radius 1 is 1.00 bits per heavy atom. The quantitative estimate of drug-likeness (QED) is 0.296. The van der Waals surface area contributed by atoms with Gasteiger partial charge in [-0.25, -0.2) is 14.8 Å². The van der Waals surface area contributed by atoms with E-state index in [2.05, 4.69) is 25.5 Å². The number of carboxylic acid groups (broad SMARTS) is 2. The molecule has 0 saturated heterocycles. The van der Waals surface area contributed by atoms with Crippen LogP contribution in [0.25, 0.3) is 5.69 Å². The van der Waals surface area contributed by atoms with E-state index in [0.29, 0.717) is 35.5 Å². The van der Waals surface area contributed by atoms with Crippen molar-refractivity contribution < 1.29 is 24.5 Å². The molecule has 200 valence electrons. The van der Waals surface area contributed by atoms with Crippen molar-refractivity contribution in [3.05, 3.63) is 94.8 Å². The predicted octanol–water partition coefficient (Wildman–Crippen LogP) is 2.69. The first-order valence-electron chi connectivity index (χ1n) is 12.7. The maximum atomic E-state index is 13.1. The lowest BCUT2D eigenvalue weighted by atomic mass is 9.77. The Kier molecular flexibility index (Phi) is 7.07. The van der Waals surface area contributed by atoms with Gasteiger partial charge in [0.1, 0.15) is 17.8 Å². The molecule has 0 unspecified atom stereocenters. The lowest BCUT2D eigenvalue weighted by Crippen LogP contribution is -2.57. The summed E-state index contributed by atoms with van der Waals surface area (Å²) < 4.78 is 7.89. The van der Waals surface area contributed by atoms with Gasteiger partial charge in [-0.1, -0.05) is 62.4 Å². The third-order valence-corrected chi connectivity index (χ3v) is 6.81. The van der Waals surface area contributed by atoms with E-state index in [1.165, 1.54) is 0 Å². The standard InChI is InChI=1S/C28H28N6O5/c1-3-18-14-19(4-2)31-27(30-18)39-25(26(37)38)28(17-10-6-5-7-11-17)20-12-8-9-13-21(20)34-22(15-24(35)36)32-33-23(34)16-29-28/h5-14,25,29H,3-4,15-16H2,1-2H3,(H,35,36)(H,37,38)/t25-,28+/m1/s1. The summed E-state index contributed by atoms with van der Waals surface area (Å²) >= 11 is 0. The molecular formula is C28H28N6O5. The van der Waals surface area contributed by atoms with Crippen LogP contribution < -0.4 is 10.1 Å². The molecule has 11 nitrogen and oxygen atoms in total. The molecule has 3 N–H and O–H groups in total. The van der Waals surface area contributed by atoms with Crippen molar-refractivity contribution in [3.63, 3.8) is 0 Å². The third kappa shape index (κ3) is 4.72. The molecule has 1 aliphatic heterocycles. The normalized spacial score (nSPS) is 17.0. The fourth-order valence-electron chi connectivity index (χ4n) is 5.03. The summed E-state index contributed by atoms with van der Waals surface area (Å²) in [6.45, 7) is 4.00. The van der Waals surface area contributed by atoms with Gasteiger partial charge in [0.15, 0.2) is 5.82 Å². The van der Waals surface area contributed by atoms with Crippen LogP contribution in [0.3, 0.4) is 0 Å². The largest absolute Gasteiger partial charge is 0.481 e. The van der Waals surface area contributed by atoms with Gasteiger partial charge in [0, 0.05) is 17.0 Å². The molecule has 0 aliphatic carbocycles. The van der Waals surface area contributed by atoms with Gasteiger partial charge in [0.25, 0.3) is 0 Å². The second kappa shape index (κ2) is 10.6. The molecule has 0 spiro atoms. The zero-order valence-electron chi connectivity index (χ0n) is 21.5. The number of ether oxygens (including phenoxy) is 1. The van der Waals surface area contributed by atoms with E-state index < -0.39 is 23.6 Å². The smallest absolute Gasteiger partial charge is 0.347 e. The first-order chi connectivity index (χ1) is 18.9. The summed E-state index contributed by atoms with van der Waals surface area (Å²) in [4.78, 5) is 33.7. The van der Waals surface area contributed by atoms with Crippen LogP contribution >= 0.6 is 0 Å². The minimum absolute atomic E-state index is 0.0246.